The number of nitrogens with zero attached hydrogens (tertiary/aromatic N) is 3. The van der Waals surface area contributed by atoms with Gasteiger partial charge in [0.15, 0.2) is 11.8 Å². The number of oxazole rings is 1. The van der Waals surface area contributed by atoms with Gasteiger partial charge in [-0.25, -0.2) is 4.79 Å². The van der Waals surface area contributed by atoms with Crippen LogP contribution < -0.4 is 5.76 Å². The van der Waals surface area contributed by atoms with Gasteiger partial charge in [-0.1, -0.05) is 6.07 Å². The normalized spacial score (nSPS) is 10.4. The maximum atomic E-state index is 11.3. The van der Waals surface area contributed by atoms with E-state index in [0.717, 1.165) is 17.5 Å². The summed E-state index contributed by atoms with van der Waals surface area (Å²) in [6, 6.07) is 5.63. The molecule has 0 N–H and O–H groups in total. The van der Waals surface area contributed by atoms with Gasteiger partial charge in [-0.15, -0.1) is 0 Å². The number of fused-ring (bicyclic) bond motifs is 1. The highest BCUT2D eigenvalue weighted by Gasteiger charge is 2.06. The van der Waals surface area contributed by atoms with Gasteiger partial charge in [0.25, 0.3) is 0 Å². The van der Waals surface area contributed by atoms with Gasteiger partial charge in [-0.05, 0) is 24.1 Å². The molecule has 0 fully saturated rings. The quantitative estimate of drug-likeness (QED) is 0.586. The maximum absolute atomic E-state index is 11.3. The zero-order valence-electron chi connectivity index (χ0n) is 9.80. The molecule has 88 valence electrons. The Morgan fingerprint density at radius 3 is 3.00 bits per heavy atom. The van der Waals surface area contributed by atoms with Gasteiger partial charge in [0.2, 0.25) is 0 Å². The third-order valence-corrected chi connectivity index (χ3v) is 2.76. The van der Waals surface area contributed by atoms with E-state index in [4.69, 9.17) is 9.68 Å². The van der Waals surface area contributed by atoms with Gasteiger partial charge in [0.05, 0.1) is 5.52 Å². The van der Waals surface area contributed by atoms with Crippen molar-refractivity contribution in [2.75, 3.05) is 13.6 Å². The molecule has 1 aromatic heterocycles. The van der Waals surface area contributed by atoms with Crippen LogP contribution in [-0.2, 0) is 13.5 Å². The van der Waals surface area contributed by atoms with Crippen molar-refractivity contribution >= 4 is 11.1 Å². The van der Waals surface area contributed by atoms with Crippen LogP contribution in [0.2, 0.25) is 0 Å². The van der Waals surface area contributed by atoms with E-state index in [1.807, 2.05) is 18.3 Å². The molecule has 0 bridgehead atoms. The molecule has 0 saturated carbocycles. The number of aryl methyl sites for hydroxylation is 1. The lowest BCUT2D eigenvalue weighted by Crippen LogP contribution is -2.14. The van der Waals surface area contributed by atoms with E-state index in [2.05, 4.69) is 0 Å². The van der Waals surface area contributed by atoms with E-state index >= 15 is 0 Å². The first-order valence-electron chi connectivity index (χ1n) is 5.31. The lowest BCUT2D eigenvalue weighted by Gasteiger charge is -2.08. The SMILES string of the molecule is CN(C#N)CCc1ccc2oc(=O)n(C)c2c1. The summed E-state index contributed by atoms with van der Waals surface area (Å²) in [5.74, 6) is -0.355. The van der Waals surface area contributed by atoms with Crippen LogP contribution in [0, 0.1) is 11.5 Å². The summed E-state index contributed by atoms with van der Waals surface area (Å²) in [4.78, 5) is 12.9. The Morgan fingerprint density at radius 1 is 1.53 bits per heavy atom. The van der Waals surface area contributed by atoms with E-state index in [1.54, 1.807) is 25.1 Å². The molecular formula is C12H13N3O2. The number of benzene rings is 1. The van der Waals surface area contributed by atoms with Crippen LogP contribution in [0.4, 0.5) is 0 Å². The summed E-state index contributed by atoms with van der Waals surface area (Å²) in [7, 11) is 3.42. The number of hydrogen-bond acceptors (Lipinski definition) is 4. The van der Waals surface area contributed by atoms with Gasteiger partial charge in [0, 0.05) is 20.6 Å². The van der Waals surface area contributed by atoms with Crippen LogP contribution >= 0.6 is 0 Å². The topological polar surface area (TPSA) is 62.2 Å². The molecule has 5 nitrogen and oxygen atoms in total. The Bertz CT molecular complexity index is 633. The fourth-order valence-corrected chi connectivity index (χ4v) is 1.67. The molecule has 0 aliphatic rings. The third kappa shape index (κ3) is 2.16. The smallest absolute Gasteiger partial charge is 0.408 e. The molecule has 0 atom stereocenters. The fourth-order valence-electron chi connectivity index (χ4n) is 1.67. The molecule has 0 aliphatic heterocycles. The number of hydrogen-bond donors (Lipinski definition) is 0. The Hall–Kier alpha value is -2.22. The van der Waals surface area contributed by atoms with Crippen molar-refractivity contribution in [3.63, 3.8) is 0 Å². The van der Waals surface area contributed by atoms with Crippen LogP contribution in [0.1, 0.15) is 5.56 Å². The van der Waals surface area contributed by atoms with Crippen molar-refractivity contribution in [2.45, 2.75) is 6.42 Å². The summed E-state index contributed by atoms with van der Waals surface area (Å²) < 4.78 is 6.52. The number of rotatable bonds is 3. The minimum absolute atomic E-state index is 0.355. The monoisotopic (exact) mass is 231 g/mol. The molecule has 1 heterocycles. The molecule has 2 rings (SSSR count). The fraction of sp³-hybridized carbons (Fsp3) is 0.333. The molecule has 0 spiro atoms. The van der Waals surface area contributed by atoms with Gasteiger partial charge < -0.3 is 9.32 Å². The molecule has 0 aliphatic carbocycles. The van der Waals surface area contributed by atoms with Crippen molar-refractivity contribution in [1.82, 2.24) is 9.47 Å². The van der Waals surface area contributed by atoms with Crippen molar-refractivity contribution in [3.05, 3.63) is 34.3 Å². The molecule has 1 aromatic carbocycles. The Kier molecular flexibility index (Phi) is 2.88. The van der Waals surface area contributed by atoms with E-state index in [0.29, 0.717) is 12.1 Å². The van der Waals surface area contributed by atoms with Crippen molar-refractivity contribution < 1.29 is 4.42 Å². The third-order valence-electron chi connectivity index (χ3n) is 2.76. The molecule has 0 radical (unpaired) electrons. The average Bonchev–Trinajstić information content (AvgIpc) is 2.62. The summed E-state index contributed by atoms with van der Waals surface area (Å²) in [5.41, 5.74) is 2.46. The summed E-state index contributed by atoms with van der Waals surface area (Å²) in [6.45, 7) is 0.661. The molecule has 0 amide bonds. The van der Waals surface area contributed by atoms with Gasteiger partial charge >= 0.3 is 5.76 Å². The number of nitriles is 1. The van der Waals surface area contributed by atoms with E-state index in [-0.39, 0.29) is 5.76 Å². The lowest BCUT2D eigenvalue weighted by atomic mass is 10.1. The Morgan fingerprint density at radius 2 is 2.29 bits per heavy atom. The molecule has 5 heteroatoms. The highest BCUT2D eigenvalue weighted by Crippen LogP contribution is 2.14. The number of aromatic nitrogens is 1. The minimum Gasteiger partial charge on any atom is -0.408 e. The predicted octanol–water partition coefficient (Wildman–Crippen LogP) is 1.09. The highest BCUT2D eigenvalue weighted by molar-refractivity contribution is 5.73. The first kappa shape index (κ1) is 11.3. The van der Waals surface area contributed by atoms with Crippen molar-refractivity contribution in [3.8, 4) is 6.19 Å². The molecule has 17 heavy (non-hydrogen) atoms. The van der Waals surface area contributed by atoms with Crippen LogP contribution in [-0.4, -0.2) is 23.1 Å². The maximum Gasteiger partial charge on any atom is 0.419 e. The van der Waals surface area contributed by atoms with Crippen LogP contribution in [0.25, 0.3) is 11.1 Å². The largest absolute Gasteiger partial charge is 0.419 e. The summed E-state index contributed by atoms with van der Waals surface area (Å²) in [6.07, 6.45) is 2.81. The molecular weight excluding hydrogens is 218 g/mol. The van der Waals surface area contributed by atoms with E-state index in [9.17, 15) is 4.79 Å². The molecule has 0 unspecified atom stereocenters. The van der Waals surface area contributed by atoms with Crippen LogP contribution in [0.15, 0.2) is 27.4 Å². The van der Waals surface area contributed by atoms with Crippen molar-refractivity contribution in [2.24, 2.45) is 7.05 Å². The molecule has 2 aromatic rings. The van der Waals surface area contributed by atoms with E-state index < -0.39 is 0 Å². The van der Waals surface area contributed by atoms with E-state index in [1.165, 1.54) is 4.57 Å². The minimum atomic E-state index is -0.355. The first-order chi connectivity index (χ1) is 8.11. The zero-order valence-corrected chi connectivity index (χ0v) is 9.80. The highest BCUT2D eigenvalue weighted by atomic mass is 16.4. The Labute approximate surface area is 98.5 Å². The lowest BCUT2D eigenvalue weighted by molar-refractivity contribution is 0.478. The van der Waals surface area contributed by atoms with Crippen molar-refractivity contribution in [1.29, 1.82) is 5.26 Å². The summed E-state index contributed by atoms with van der Waals surface area (Å²) in [5, 5.41) is 8.65. The second-order valence-electron chi connectivity index (χ2n) is 4.00. The average molecular weight is 231 g/mol. The van der Waals surface area contributed by atoms with Crippen LogP contribution in [0.3, 0.4) is 0 Å². The van der Waals surface area contributed by atoms with Gasteiger partial charge in [-0.2, -0.15) is 5.26 Å². The van der Waals surface area contributed by atoms with Crippen LogP contribution in [0.5, 0.6) is 0 Å². The predicted molar refractivity (Wildman–Crippen MR) is 63.4 cm³/mol. The zero-order chi connectivity index (χ0) is 12.4. The second kappa shape index (κ2) is 4.34. The first-order valence-corrected chi connectivity index (χ1v) is 5.31. The second-order valence-corrected chi connectivity index (χ2v) is 4.00. The summed E-state index contributed by atoms with van der Waals surface area (Å²) >= 11 is 0. The molecule has 0 saturated heterocycles. The number of likely N-dealkylation sites (N-methyl/N-ethyl adjacent to an activating group) is 1. The van der Waals surface area contributed by atoms with Gasteiger partial charge in [-0.3, -0.25) is 4.57 Å². The van der Waals surface area contributed by atoms with Gasteiger partial charge in [0.1, 0.15) is 0 Å². The Balaban J connectivity index is 2.29. The standard InChI is InChI=1S/C12H13N3O2/c1-14(8-13)6-5-9-3-4-11-10(7-9)15(2)12(16)17-11/h3-4,7H,5-6H2,1-2H3.